The monoisotopic (exact) mass is 234 g/mol. The standard InChI is InChI=1S/C13H22N4/c1-10-6-11(16(2)3)9-17(8-10)13-4-5-15-7-12(13)14/h4-5,7,10-11H,6,8-9,14H2,1-3H3/t10-,11+/m1/s1. The maximum absolute atomic E-state index is 6.00. The Balaban J connectivity index is 2.18. The van der Waals surface area contributed by atoms with Crippen molar-refractivity contribution < 1.29 is 0 Å². The first kappa shape index (κ1) is 12.2. The van der Waals surface area contributed by atoms with Gasteiger partial charge in [0.15, 0.2) is 0 Å². The van der Waals surface area contributed by atoms with Crippen LogP contribution in [-0.2, 0) is 0 Å². The van der Waals surface area contributed by atoms with Gasteiger partial charge in [0.05, 0.1) is 17.6 Å². The molecule has 1 aromatic rings. The number of nitrogens with two attached hydrogens (primary N) is 1. The number of aromatic nitrogens is 1. The zero-order chi connectivity index (χ0) is 12.4. The van der Waals surface area contributed by atoms with E-state index in [1.165, 1.54) is 6.42 Å². The van der Waals surface area contributed by atoms with Crippen molar-refractivity contribution in [1.82, 2.24) is 9.88 Å². The topological polar surface area (TPSA) is 45.4 Å². The van der Waals surface area contributed by atoms with Crippen LogP contribution in [0.25, 0.3) is 0 Å². The molecule has 4 nitrogen and oxygen atoms in total. The normalized spacial score (nSPS) is 25.3. The van der Waals surface area contributed by atoms with E-state index in [4.69, 9.17) is 5.73 Å². The zero-order valence-electron chi connectivity index (χ0n) is 10.9. The third-order valence-electron chi connectivity index (χ3n) is 3.54. The molecule has 1 fully saturated rings. The van der Waals surface area contributed by atoms with Crippen LogP contribution in [0.5, 0.6) is 0 Å². The van der Waals surface area contributed by atoms with E-state index in [9.17, 15) is 0 Å². The highest BCUT2D eigenvalue weighted by molar-refractivity contribution is 5.66. The van der Waals surface area contributed by atoms with Crippen molar-refractivity contribution in [2.24, 2.45) is 5.92 Å². The van der Waals surface area contributed by atoms with E-state index in [-0.39, 0.29) is 0 Å². The number of piperidine rings is 1. The van der Waals surface area contributed by atoms with Crippen LogP contribution in [0.3, 0.4) is 0 Å². The molecular weight excluding hydrogens is 212 g/mol. The molecule has 2 N–H and O–H groups in total. The average molecular weight is 234 g/mol. The molecule has 0 spiro atoms. The van der Waals surface area contributed by atoms with Crippen molar-refractivity contribution in [3.63, 3.8) is 0 Å². The van der Waals surface area contributed by atoms with Gasteiger partial charge >= 0.3 is 0 Å². The Morgan fingerprint density at radius 1 is 1.41 bits per heavy atom. The summed E-state index contributed by atoms with van der Waals surface area (Å²) in [5.74, 6) is 0.698. The Morgan fingerprint density at radius 2 is 2.18 bits per heavy atom. The van der Waals surface area contributed by atoms with Crippen molar-refractivity contribution in [2.45, 2.75) is 19.4 Å². The van der Waals surface area contributed by atoms with Crippen molar-refractivity contribution in [2.75, 3.05) is 37.8 Å². The van der Waals surface area contributed by atoms with Gasteiger partial charge in [0, 0.05) is 25.3 Å². The fourth-order valence-electron chi connectivity index (χ4n) is 2.58. The lowest BCUT2D eigenvalue weighted by Gasteiger charge is -2.41. The van der Waals surface area contributed by atoms with Gasteiger partial charge in [-0.3, -0.25) is 4.98 Å². The number of rotatable bonds is 2. The Bertz CT molecular complexity index is 377. The molecule has 17 heavy (non-hydrogen) atoms. The Morgan fingerprint density at radius 3 is 2.82 bits per heavy atom. The van der Waals surface area contributed by atoms with Crippen LogP contribution in [0.1, 0.15) is 13.3 Å². The number of nitrogen functional groups attached to an aromatic ring is 1. The fourth-order valence-corrected chi connectivity index (χ4v) is 2.58. The van der Waals surface area contributed by atoms with Gasteiger partial charge in [-0.25, -0.2) is 0 Å². The van der Waals surface area contributed by atoms with Crippen LogP contribution < -0.4 is 10.6 Å². The summed E-state index contributed by atoms with van der Waals surface area (Å²) in [5, 5.41) is 0. The lowest BCUT2D eigenvalue weighted by molar-refractivity contribution is 0.226. The number of hydrogen-bond acceptors (Lipinski definition) is 4. The van der Waals surface area contributed by atoms with Crippen LogP contribution in [0.15, 0.2) is 18.5 Å². The maximum Gasteiger partial charge on any atom is 0.0738 e. The Labute approximate surface area is 103 Å². The molecule has 0 aliphatic carbocycles. The maximum atomic E-state index is 6.00. The largest absolute Gasteiger partial charge is 0.396 e. The molecule has 2 rings (SSSR count). The highest BCUT2D eigenvalue weighted by Gasteiger charge is 2.26. The van der Waals surface area contributed by atoms with Crippen LogP contribution in [0.4, 0.5) is 11.4 Å². The first-order valence-electron chi connectivity index (χ1n) is 6.18. The molecular formula is C13H22N4. The number of likely N-dealkylation sites (N-methyl/N-ethyl adjacent to an activating group) is 1. The third-order valence-corrected chi connectivity index (χ3v) is 3.54. The summed E-state index contributed by atoms with van der Waals surface area (Å²) in [7, 11) is 4.30. The Kier molecular flexibility index (Phi) is 3.52. The smallest absolute Gasteiger partial charge is 0.0738 e. The van der Waals surface area contributed by atoms with E-state index in [0.29, 0.717) is 12.0 Å². The minimum absolute atomic E-state index is 0.603. The molecule has 1 aliphatic heterocycles. The minimum atomic E-state index is 0.603. The summed E-state index contributed by atoms with van der Waals surface area (Å²) in [6, 6.07) is 2.62. The molecule has 4 heteroatoms. The average Bonchev–Trinajstić information content (AvgIpc) is 2.28. The molecule has 94 valence electrons. The second-order valence-electron chi connectivity index (χ2n) is 5.30. The van der Waals surface area contributed by atoms with Gasteiger partial charge in [-0.1, -0.05) is 6.92 Å². The van der Waals surface area contributed by atoms with E-state index < -0.39 is 0 Å². The van der Waals surface area contributed by atoms with Crippen LogP contribution in [-0.4, -0.2) is 43.1 Å². The number of nitrogens with zero attached hydrogens (tertiary/aromatic N) is 3. The molecule has 1 aromatic heterocycles. The lowest BCUT2D eigenvalue weighted by Crippen LogP contribution is -2.48. The van der Waals surface area contributed by atoms with Gasteiger partial charge in [-0.15, -0.1) is 0 Å². The van der Waals surface area contributed by atoms with E-state index in [1.807, 2.05) is 12.3 Å². The summed E-state index contributed by atoms with van der Waals surface area (Å²) < 4.78 is 0. The van der Waals surface area contributed by atoms with Gasteiger partial charge in [-0.2, -0.15) is 0 Å². The zero-order valence-corrected chi connectivity index (χ0v) is 10.9. The summed E-state index contributed by atoms with van der Waals surface area (Å²) in [6.07, 6.45) is 4.81. The van der Waals surface area contributed by atoms with Gasteiger partial charge in [0.25, 0.3) is 0 Å². The van der Waals surface area contributed by atoms with Crippen molar-refractivity contribution in [3.8, 4) is 0 Å². The molecule has 1 saturated heterocycles. The molecule has 0 bridgehead atoms. The van der Waals surface area contributed by atoms with Crippen molar-refractivity contribution in [1.29, 1.82) is 0 Å². The van der Waals surface area contributed by atoms with E-state index in [2.05, 4.69) is 35.8 Å². The molecule has 0 unspecified atom stereocenters. The summed E-state index contributed by atoms with van der Waals surface area (Å²) >= 11 is 0. The molecule has 0 saturated carbocycles. The van der Waals surface area contributed by atoms with Gasteiger partial charge in [-0.05, 0) is 32.5 Å². The van der Waals surface area contributed by atoms with Crippen LogP contribution >= 0.6 is 0 Å². The quantitative estimate of drug-likeness (QED) is 0.841. The molecule has 0 amide bonds. The summed E-state index contributed by atoms with van der Waals surface area (Å²) in [6.45, 7) is 4.43. The number of hydrogen-bond donors (Lipinski definition) is 1. The van der Waals surface area contributed by atoms with Crippen LogP contribution in [0.2, 0.25) is 0 Å². The first-order chi connectivity index (χ1) is 8.08. The number of anilines is 2. The second kappa shape index (κ2) is 4.92. The van der Waals surface area contributed by atoms with Crippen molar-refractivity contribution >= 4 is 11.4 Å². The van der Waals surface area contributed by atoms with E-state index in [0.717, 1.165) is 24.5 Å². The SMILES string of the molecule is C[C@@H]1C[C@H](N(C)C)CN(c2ccncc2N)C1. The first-order valence-corrected chi connectivity index (χ1v) is 6.18. The third kappa shape index (κ3) is 2.69. The Hall–Kier alpha value is -1.29. The van der Waals surface area contributed by atoms with Gasteiger partial charge in [0.1, 0.15) is 0 Å². The molecule has 0 aromatic carbocycles. The second-order valence-corrected chi connectivity index (χ2v) is 5.30. The molecule has 2 heterocycles. The van der Waals surface area contributed by atoms with Gasteiger partial charge < -0.3 is 15.5 Å². The highest BCUT2D eigenvalue weighted by atomic mass is 15.2. The minimum Gasteiger partial charge on any atom is -0.396 e. The van der Waals surface area contributed by atoms with Gasteiger partial charge in [0.2, 0.25) is 0 Å². The highest BCUT2D eigenvalue weighted by Crippen LogP contribution is 2.28. The predicted molar refractivity (Wildman–Crippen MR) is 72.1 cm³/mol. The van der Waals surface area contributed by atoms with Crippen molar-refractivity contribution in [3.05, 3.63) is 18.5 Å². The van der Waals surface area contributed by atoms with E-state index >= 15 is 0 Å². The predicted octanol–water partition coefficient (Wildman–Crippen LogP) is 1.44. The van der Waals surface area contributed by atoms with Crippen LogP contribution in [0, 0.1) is 5.92 Å². The number of pyridine rings is 1. The fraction of sp³-hybridized carbons (Fsp3) is 0.615. The molecule has 0 radical (unpaired) electrons. The summed E-state index contributed by atoms with van der Waals surface area (Å²) in [4.78, 5) is 8.74. The molecule has 2 atom stereocenters. The lowest BCUT2D eigenvalue weighted by atomic mass is 9.95. The molecule has 1 aliphatic rings. The van der Waals surface area contributed by atoms with E-state index in [1.54, 1.807) is 6.20 Å². The summed E-state index contributed by atoms with van der Waals surface area (Å²) in [5.41, 5.74) is 7.90.